The van der Waals surface area contributed by atoms with E-state index in [9.17, 15) is 13.2 Å². The lowest BCUT2D eigenvalue weighted by Gasteiger charge is -2.34. The van der Waals surface area contributed by atoms with Crippen LogP contribution in [0.25, 0.3) is 22.0 Å². The summed E-state index contributed by atoms with van der Waals surface area (Å²) in [5.74, 6) is 0.649. The van der Waals surface area contributed by atoms with Crippen molar-refractivity contribution in [1.29, 1.82) is 0 Å². The smallest absolute Gasteiger partial charge is 0.274 e. The standard InChI is InChI=1S/C24H29N3O4S/c1-26-13-19-17-10-16(14-32(3,29)30)6-7-20(17)27(12-15-4-5-15)21(8-9-31-2)18-11-25-23(22(18)19)24(26)28/h6-7,10-11,13,15,21,25H,4-5,8-9,12,14H2,1-3H3. The van der Waals surface area contributed by atoms with Crippen molar-refractivity contribution in [3.8, 4) is 11.1 Å². The van der Waals surface area contributed by atoms with Crippen LogP contribution in [0.3, 0.4) is 0 Å². The number of hydrogen-bond acceptors (Lipinski definition) is 5. The summed E-state index contributed by atoms with van der Waals surface area (Å²) in [5, 5.41) is 0.935. The molecule has 0 amide bonds. The largest absolute Gasteiger partial charge is 0.385 e. The lowest BCUT2D eigenvalue weighted by Crippen LogP contribution is -2.31. The fourth-order valence-corrected chi connectivity index (χ4v) is 5.77. The lowest BCUT2D eigenvalue weighted by molar-refractivity contribution is 0.186. The Morgan fingerprint density at radius 1 is 1.22 bits per heavy atom. The molecule has 0 bridgehead atoms. The third-order valence-corrected chi connectivity index (χ3v) is 7.47. The molecule has 32 heavy (non-hydrogen) atoms. The number of anilines is 1. The van der Waals surface area contributed by atoms with Gasteiger partial charge < -0.3 is 19.2 Å². The van der Waals surface area contributed by atoms with Crippen molar-refractivity contribution in [3.05, 3.63) is 52.1 Å². The van der Waals surface area contributed by atoms with Crippen molar-refractivity contribution in [2.24, 2.45) is 13.0 Å². The topological polar surface area (TPSA) is 84.4 Å². The zero-order valence-electron chi connectivity index (χ0n) is 18.7. The third-order valence-electron chi connectivity index (χ3n) is 6.61. The van der Waals surface area contributed by atoms with Gasteiger partial charge in [0.15, 0.2) is 9.84 Å². The van der Waals surface area contributed by atoms with Gasteiger partial charge in [0.1, 0.15) is 5.52 Å². The van der Waals surface area contributed by atoms with Crippen molar-refractivity contribution in [1.82, 2.24) is 9.55 Å². The van der Waals surface area contributed by atoms with Crippen molar-refractivity contribution >= 4 is 26.4 Å². The number of hydrogen-bond donors (Lipinski definition) is 1. The first-order valence-corrected chi connectivity index (χ1v) is 13.1. The number of rotatable bonds is 7. The number of aryl methyl sites for hydroxylation is 1. The summed E-state index contributed by atoms with van der Waals surface area (Å²) in [6, 6.07) is 6.04. The van der Waals surface area contributed by atoms with E-state index < -0.39 is 9.84 Å². The molecule has 1 N–H and O–H groups in total. The maximum atomic E-state index is 12.9. The van der Waals surface area contributed by atoms with Crippen molar-refractivity contribution < 1.29 is 13.2 Å². The molecule has 2 aromatic heterocycles. The molecule has 1 aromatic carbocycles. The van der Waals surface area contributed by atoms with Gasteiger partial charge in [-0.05, 0) is 42.9 Å². The summed E-state index contributed by atoms with van der Waals surface area (Å²) in [6.07, 6.45) is 8.37. The zero-order chi connectivity index (χ0) is 22.6. The number of nitrogens with one attached hydrogen (secondary N) is 1. The van der Waals surface area contributed by atoms with E-state index in [0.29, 0.717) is 18.0 Å². The Bertz CT molecular complexity index is 1350. The van der Waals surface area contributed by atoms with Gasteiger partial charge in [-0.1, -0.05) is 6.07 Å². The second-order valence-electron chi connectivity index (χ2n) is 9.27. The molecule has 2 aliphatic rings. The molecule has 170 valence electrons. The number of nitrogens with zero attached hydrogens (tertiary/aromatic N) is 2. The van der Waals surface area contributed by atoms with Gasteiger partial charge in [0.2, 0.25) is 0 Å². The minimum Gasteiger partial charge on any atom is -0.385 e. The molecule has 0 spiro atoms. The molecule has 1 atom stereocenters. The Morgan fingerprint density at radius 2 is 2.00 bits per heavy atom. The summed E-state index contributed by atoms with van der Waals surface area (Å²) in [4.78, 5) is 18.6. The molecule has 3 heterocycles. The molecule has 3 aromatic rings. The maximum Gasteiger partial charge on any atom is 0.274 e. The minimum atomic E-state index is -3.17. The van der Waals surface area contributed by atoms with E-state index >= 15 is 0 Å². The van der Waals surface area contributed by atoms with Gasteiger partial charge in [-0.25, -0.2) is 8.42 Å². The fourth-order valence-electron chi connectivity index (χ4n) is 4.98. The molecule has 0 radical (unpaired) electrons. The number of fused-ring (bicyclic) bond motifs is 2. The molecule has 1 aliphatic heterocycles. The Morgan fingerprint density at radius 3 is 2.69 bits per heavy atom. The number of methoxy groups -OCH3 is 1. The van der Waals surface area contributed by atoms with Crippen LogP contribution in [-0.4, -0.2) is 44.5 Å². The lowest BCUT2D eigenvalue weighted by atomic mass is 9.98. The zero-order valence-corrected chi connectivity index (χ0v) is 19.5. The van der Waals surface area contributed by atoms with Crippen molar-refractivity contribution in [3.63, 3.8) is 0 Å². The second-order valence-corrected chi connectivity index (χ2v) is 11.4. The van der Waals surface area contributed by atoms with E-state index in [1.54, 1.807) is 18.7 Å². The van der Waals surface area contributed by atoms with E-state index in [-0.39, 0.29) is 17.4 Å². The molecule has 8 heteroatoms. The van der Waals surface area contributed by atoms with Gasteiger partial charge in [0, 0.05) is 73.7 Å². The van der Waals surface area contributed by atoms with Crippen LogP contribution in [0.1, 0.15) is 36.4 Å². The predicted octanol–water partition coefficient (Wildman–Crippen LogP) is 3.39. The number of sulfone groups is 1. The molecule has 5 rings (SSSR count). The van der Waals surface area contributed by atoms with Crippen molar-refractivity contribution in [2.75, 3.05) is 31.4 Å². The summed E-state index contributed by atoms with van der Waals surface area (Å²) < 4.78 is 31.0. The van der Waals surface area contributed by atoms with Crippen LogP contribution in [0.5, 0.6) is 0 Å². The van der Waals surface area contributed by atoms with Gasteiger partial charge in [-0.15, -0.1) is 0 Å². The third kappa shape index (κ3) is 3.75. The molecule has 0 saturated heterocycles. The van der Waals surface area contributed by atoms with Crippen LogP contribution >= 0.6 is 0 Å². The first-order chi connectivity index (χ1) is 15.3. The van der Waals surface area contributed by atoms with E-state index in [1.165, 1.54) is 19.1 Å². The van der Waals surface area contributed by atoms with Crippen LogP contribution in [-0.2, 0) is 27.4 Å². The van der Waals surface area contributed by atoms with E-state index in [1.807, 2.05) is 24.5 Å². The van der Waals surface area contributed by atoms with Gasteiger partial charge in [-0.3, -0.25) is 4.79 Å². The minimum absolute atomic E-state index is 0.00902. The molecule has 7 nitrogen and oxygen atoms in total. The molecule has 1 aliphatic carbocycles. The SMILES string of the molecule is COCCC1c2c[nH]c3c(=O)n(C)cc(c23)-c2cc(CS(C)(=O)=O)ccc2N1CC1CC1. The monoisotopic (exact) mass is 455 g/mol. The number of ether oxygens (including phenoxy) is 1. The van der Waals surface area contributed by atoms with E-state index in [0.717, 1.165) is 46.3 Å². The quantitative estimate of drug-likeness (QED) is 0.590. The maximum absolute atomic E-state index is 12.9. The summed E-state index contributed by atoms with van der Waals surface area (Å²) >= 11 is 0. The average Bonchev–Trinajstić information content (AvgIpc) is 3.46. The molecule has 1 fully saturated rings. The fraction of sp³-hybridized carbons (Fsp3) is 0.458. The summed E-state index contributed by atoms with van der Waals surface area (Å²) in [5.41, 5.74) is 5.42. The molecular weight excluding hydrogens is 426 g/mol. The second kappa shape index (κ2) is 7.78. The molecule has 1 unspecified atom stereocenters. The highest BCUT2D eigenvalue weighted by atomic mass is 32.2. The first kappa shape index (κ1) is 21.3. The number of benzene rings is 1. The summed E-state index contributed by atoms with van der Waals surface area (Å²) in [7, 11) is 0.304. The Kier molecular flexibility index (Phi) is 5.17. The van der Waals surface area contributed by atoms with Gasteiger partial charge in [-0.2, -0.15) is 0 Å². The predicted molar refractivity (Wildman–Crippen MR) is 127 cm³/mol. The van der Waals surface area contributed by atoms with Gasteiger partial charge in [0.05, 0.1) is 11.8 Å². The van der Waals surface area contributed by atoms with Crippen LogP contribution in [0.4, 0.5) is 5.69 Å². The van der Waals surface area contributed by atoms with Gasteiger partial charge in [0.25, 0.3) is 5.56 Å². The Labute approximate surface area is 187 Å². The van der Waals surface area contributed by atoms with Crippen LogP contribution in [0.2, 0.25) is 0 Å². The first-order valence-electron chi connectivity index (χ1n) is 11.0. The number of aromatic amines is 1. The molecular formula is C24H29N3O4S. The normalized spacial score (nSPS) is 18.1. The van der Waals surface area contributed by atoms with E-state index in [4.69, 9.17) is 4.74 Å². The summed E-state index contributed by atoms with van der Waals surface area (Å²) in [6.45, 7) is 1.55. The highest BCUT2D eigenvalue weighted by Crippen LogP contribution is 2.47. The van der Waals surface area contributed by atoms with Crippen molar-refractivity contribution in [2.45, 2.75) is 31.1 Å². The van der Waals surface area contributed by atoms with Crippen LogP contribution < -0.4 is 10.5 Å². The number of pyridine rings is 1. The van der Waals surface area contributed by atoms with Gasteiger partial charge >= 0.3 is 0 Å². The number of H-pyrrole nitrogens is 1. The average molecular weight is 456 g/mol. The van der Waals surface area contributed by atoms with E-state index in [2.05, 4.69) is 16.0 Å². The molecule has 1 saturated carbocycles. The number of aromatic nitrogens is 2. The van der Waals surface area contributed by atoms with Crippen LogP contribution in [0, 0.1) is 5.92 Å². The van der Waals surface area contributed by atoms with Crippen LogP contribution in [0.15, 0.2) is 35.4 Å². The Balaban J connectivity index is 1.80. The highest BCUT2D eigenvalue weighted by molar-refractivity contribution is 7.89. The highest BCUT2D eigenvalue weighted by Gasteiger charge is 2.35. The Hall–Kier alpha value is -2.58.